The highest BCUT2D eigenvalue weighted by molar-refractivity contribution is 5.81. The Kier molecular flexibility index (Phi) is 2.20. The number of nitrogens with zero attached hydrogens (tertiary/aromatic N) is 2. The Morgan fingerprint density at radius 2 is 2.07 bits per heavy atom. The van der Waals surface area contributed by atoms with Gasteiger partial charge in [-0.25, -0.2) is 0 Å². The van der Waals surface area contributed by atoms with Crippen molar-refractivity contribution in [2.75, 3.05) is 0 Å². The van der Waals surface area contributed by atoms with Gasteiger partial charge in [0.2, 0.25) is 0 Å². The molecule has 2 N–H and O–H groups in total. The average molecular weight is 201 g/mol. The first-order chi connectivity index (χ1) is 6.98. The molecule has 0 saturated heterocycles. The van der Waals surface area contributed by atoms with Gasteiger partial charge in [0, 0.05) is 17.3 Å². The summed E-state index contributed by atoms with van der Waals surface area (Å²) in [6, 6.07) is 5.99. The number of fused-ring (bicyclic) bond motifs is 1. The molecule has 2 heterocycles. The van der Waals surface area contributed by atoms with Crippen molar-refractivity contribution < 1.29 is 0 Å². The van der Waals surface area contributed by atoms with Crippen molar-refractivity contribution in [1.29, 1.82) is 0 Å². The summed E-state index contributed by atoms with van der Waals surface area (Å²) in [6.07, 6.45) is 1.77. The Morgan fingerprint density at radius 3 is 2.73 bits per heavy atom. The normalized spacial score (nSPS) is 12.0. The highest BCUT2D eigenvalue weighted by atomic mass is 14.9. The summed E-state index contributed by atoms with van der Waals surface area (Å²) in [5.41, 5.74) is 8.36. The molecular formula is C12H15N3. The molecule has 2 aromatic rings. The van der Waals surface area contributed by atoms with Crippen LogP contribution in [0.2, 0.25) is 0 Å². The second-order valence-corrected chi connectivity index (χ2v) is 4.41. The van der Waals surface area contributed by atoms with E-state index in [1.165, 1.54) is 0 Å². The molecule has 0 aliphatic rings. The first-order valence-corrected chi connectivity index (χ1v) is 5.00. The molecule has 0 spiro atoms. The Balaban J connectivity index is 2.83. The lowest BCUT2D eigenvalue weighted by atomic mass is 9.98. The van der Waals surface area contributed by atoms with Gasteiger partial charge in [-0.3, -0.25) is 9.97 Å². The zero-order chi connectivity index (χ0) is 11.1. The van der Waals surface area contributed by atoms with Crippen LogP contribution in [0.25, 0.3) is 10.9 Å². The summed E-state index contributed by atoms with van der Waals surface area (Å²) in [4.78, 5) is 8.83. The third-order valence-corrected chi connectivity index (χ3v) is 2.33. The van der Waals surface area contributed by atoms with Crippen LogP contribution in [0, 0.1) is 6.92 Å². The zero-order valence-electron chi connectivity index (χ0n) is 9.28. The number of pyridine rings is 2. The third kappa shape index (κ3) is 1.83. The highest BCUT2D eigenvalue weighted by Crippen LogP contribution is 2.23. The van der Waals surface area contributed by atoms with Gasteiger partial charge in [0.1, 0.15) is 0 Å². The van der Waals surface area contributed by atoms with Crippen molar-refractivity contribution >= 4 is 10.9 Å². The minimum absolute atomic E-state index is 0.460. The maximum absolute atomic E-state index is 6.09. The fraction of sp³-hybridized carbons (Fsp3) is 0.333. The van der Waals surface area contributed by atoms with Crippen LogP contribution in [0.1, 0.15) is 25.2 Å². The van der Waals surface area contributed by atoms with Gasteiger partial charge in [0.05, 0.1) is 16.7 Å². The van der Waals surface area contributed by atoms with Crippen LogP contribution in [-0.4, -0.2) is 9.97 Å². The average Bonchev–Trinajstić information content (AvgIpc) is 2.15. The lowest BCUT2D eigenvalue weighted by Crippen LogP contribution is -2.30. The fourth-order valence-corrected chi connectivity index (χ4v) is 1.67. The van der Waals surface area contributed by atoms with Crippen LogP contribution in [0.3, 0.4) is 0 Å². The van der Waals surface area contributed by atoms with Crippen LogP contribution < -0.4 is 5.73 Å². The second kappa shape index (κ2) is 3.28. The summed E-state index contributed by atoms with van der Waals surface area (Å²) in [5.74, 6) is 0. The lowest BCUT2D eigenvalue weighted by molar-refractivity contribution is 0.538. The van der Waals surface area contributed by atoms with Crippen LogP contribution in [0.5, 0.6) is 0 Å². The van der Waals surface area contributed by atoms with Crippen molar-refractivity contribution in [3.8, 4) is 0 Å². The topological polar surface area (TPSA) is 51.8 Å². The van der Waals surface area contributed by atoms with Gasteiger partial charge in [-0.2, -0.15) is 0 Å². The Bertz CT molecular complexity index is 498. The van der Waals surface area contributed by atoms with E-state index in [0.29, 0.717) is 0 Å². The van der Waals surface area contributed by atoms with E-state index < -0.39 is 5.54 Å². The first-order valence-electron chi connectivity index (χ1n) is 5.00. The first kappa shape index (κ1) is 10.1. The molecule has 0 aliphatic carbocycles. The van der Waals surface area contributed by atoms with Crippen LogP contribution in [-0.2, 0) is 5.54 Å². The molecule has 0 bridgehead atoms. The second-order valence-electron chi connectivity index (χ2n) is 4.41. The van der Waals surface area contributed by atoms with E-state index in [1.54, 1.807) is 6.20 Å². The standard InChI is InChI=1S/C12H15N3/c1-8-7-9-5-4-6-14-10(9)11(15-8)12(2,3)13/h4-7H,13H2,1-3H3. The minimum atomic E-state index is -0.460. The van der Waals surface area contributed by atoms with Crippen molar-refractivity contribution in [2.24, 2.45) is 5.73 Å². The van der Waals surface area contributed by atoms with Gasteiger partial charge in [0.15, 0.2) is 0 Å². The highest BCUT2D eigenvalue weighted by Gasteiger charge is 2.20. The maximum atomic E-state index is 6.09. The molecule has 2 rings (SSSR count). The number of rotatable bonds is 1. The largest absolute Gasteiger partial charge is 0.321 e. The predicted molar refractivity (Wildman–Crippen MR) is 61.5 cm³/mol. The predicted octanol–water partition coefficient (Wildman–Crippen LogP) is 2.13. The van der Waals surface area contributed by atoms with Crippen molar-refractivity contribution in [2.45, 2.75) is 26.3 Å². The molecular weight excluding hydrogens is 186 g/mol. The molecule has 2 aromatic heterocycles. The van der Waals surface area contributed by atoms with Gasteiger partial charge in [-0.05, 0) is 32.9 Å². The number of aryl methyl sites for hydroxylation is 1. The molecule has 0 radical (unpaired) electrons. The minimum Gasteiger partial charge on any atom is -0.321 e. The van der Waals surface area contributed by atoms with E-state index >= 15 is 0 Å². The quantitative estimate of drug-likeness (QED) is 0.769. The van der Waals surface area contributed by atoms with Crippen LogP contribution in [0.4, 0.5) is 0 Å². The third-order valence-electron chi connectivity index (χ3n) is 2.33. The van der Waals surface area contributed by atoms with E-state index in [2.05, 4.69) is 9.97 Å². The summed E-state index contributed by atoms with van der Waals surface area (Å²) in [5, 5.41) is 1.10. The van der Waals surface area contributed by atoms with Crippen molar-refractivity contribution in [3.05, 3.63) is 35.8 Å². The van der Waals surface area contributed by atoms with Gasteiger partial charge < -0.3 is 5.73 Å². The molecule has 0 aliphatic heterocycles. The molecule has 3 nitrogen and oxygen atoms in total. The smallest absolute Gasteiger partial charge is 0.0936 e. The van der Waals surface area contributed by atoms with Gasteiger partial charge >= 0.3 is 0 Å². The molecule has 0 atom stereocenters. The Labute approximate surface area is 89.4 Å². The van der Waals surface area contributed by atoms with Gasteiger partial charge in [-0.15, -0.1) is 0 Å². The molecule has 0 unspecified atom stereocenters. The molecule has 78 valence electrons. The molecule has 0 aromatic carbocycles. The number of hydrogen-bond acceptors (Lipinski definition) is 3. The molecule has 0 amide bonds. The van der Waals surface area contributed by atoms with E-state index in [4.69, 9.17) is 5.73 Å². The summed E-state index contributed by atoms with van der Waals surface area (Å²) in [7, 11) is 0. The monoisotopic (exact) mass is 201 g/mol. The Hall–Kier alpha value is -1.48. The Morgan fingerprint density at radius 1 is 1.33 bits per heavy atom. The van der Waals surface area contributed by atoms with E-state index in [-0.39, 0.29) is 0 Å². The molecule has 15 heavy (non-hydrogen) atoms. The molecule has 3 heteroatoms. The maximum Gasteiger partial charge on any atom is 0.0936 e. The van der Waals surface area contributed by atoms with Crippen molar-refractivity contribution in [3.63, 3.8) is 0 Å². The molecule has 0 fully saturated rings. The van der Waals surface area contributed by atoms with E-state index in [9.17, 15) is 0 Å². The lowest BCUT2D eigenvalue weighted by Gasteiger charge is -2.19. The molecule has 0 saturated carbocycles. The van der Waals surface area contributed by atoms with E-state index in [0.717, 1.165) is 22.3 Å². The zero-order valence-corrected chi connectivity index (χ0v) is 9.28. The number of aromatic nitrogens is 2. The number of hydrogen-bond donors (Lipinski definition) is 1. The van der Waals surface area contributed by atoms with Gasteiger partial charge in [0.25, 0.3) is 0 Å². The summed E-state index contributed by atoms with van der Waals surface area (Å²) >= 11 is 0. The van der Waals surface area contributed by atoms with Crippen molar-refractivity contribution in [1.82, 2.24) is 9.97 Å². The van der Waals surface area contributed by atoms with E-state index in [1.807, 2.05) is 39.0 Å². The van der Waals surface area contributed by atoms with Gasteiger partial charge in [-0.1, -0.05) is 6.07 Å². The summed E-state index contributed by atoms with van der Waals surface area (Å²) < 4.78 is 0. The summed E-state index contributed by atoms with van der Waals surface area (Å²) in [6.45, 7) is 5.87. The van der Waals surface area contributed by atoms with Crippen LogP contribution >= 0.6 is 0 Å². The number of nitrogens with two attached hydrogens (primary N) is 1. The fourth-order valence-electron chi connectivity index (χ4n) is 1.67. The SMILES string of the molecule is Cc1cc2cccnc2c(C(C)(C)N)n1. The van der Waals surface area contributed by atoms with Crippen LogP contribution in [0.15, 0.2) is 24.4 Å².